The molecule has 0 spiro atoms. The van der Waals surface area contributed by atoms with Crippen molar-refractivity contribution in [2.75, 3.05) is 18.4 Å². The molecule has 0 atom stereocenters. The van der Waals surface area contributed by atoms with Gasteiger partial charge in [-0.1, -0.05) is 43.7 Å². The number of carbonyl (C=O) groups is 1. The molecule has 34 heavy (non-hydrogen) atoms. The average molecular weight is 483 g/mol. The van der Waals surface area contributed by atoms with Crippen molar-refractivity contribution >= 4 is 27.5 Å². The van der Waals surface area contributed by atoms with Gasteiger partial charge in [0.25, 0.3) is 10.0 Å². The van der Waals surface area contributed by atoms with Crippen molar-refractivity contribution in [1.82, 2.24) is 9.62 Å². The van der Waals surface area contributed by atoms with Crippen molar-refractivity contribution in [2.24, 2.45) is 4.99 Å². The summed E-state index contributed by atoms with van der Waals surface area (Å²) in [7, 11) is -3.75. The number of nitrogens with one attached hydrogen (secondary N) is 2. The standard InChI is InChI=1S/C26H34N4O3S/c1-2-20-10-12-21(13-11-20)18-30(23-14-15-23)19-26(31)28-22-7-6-8-24(17-22)34(32,33)29-25-9-4-3-5-16-27-25/h6-8,10-13,17,23H,2-5,9,14-16,18-19H2,1H3,(H,27,29)(H,28,31). The Labute approximate surface area is 202 Å². The summed E-state index contributed by atoms with van der Waals surface area (Å²) < 4.78 is 28.3. The first kappa shape index (κ1) is 24.4. The monoisotopic (exact) mass is 482 g/mol. The largest absolute Gasteiger partial charge is 0.325 e. The van der Waals surface area contributed by atoms with Gasteiger partial charge in [-0.05, 0) is 61.4 Å². The maximum absolute atomic E-state index is 12.9. The minimum absolute atomic E-state index is 0.118. The van der Waals surface area contributed by atoms with Crippen LogP contribution in [0.3, 0.4) is 0 Å². The van der Waals surface area contributed by atoms with Crippen molar-refractivity contribution in [1.29, 1.82) is 0 Å². The van der Waals surface area contributed by atoms with Crippen LogP contribution in [0.2, 0.25) is 0 Å². The van der Waals surface area contributed by atoms with Crippen LogP contribution in [0, 0.1) is 0 Å². The molecule has 1 amide bonds. The summed E-state index contributed by atoms with van der Waals surface area (Å²) in [4.78, 5) is 19.5. The molecule has 0 radical (unpaired) electrons. The van der Waals surface area contributed by atoms with Gasteiger partial charge in [0, 0.05) is 31.2 Å². The quantitative estimate of drug-likeness (QED) is 0.563. The zero-order valence-corrected chi connectivity index (χ0v) is 20.6. The zero-order valence-electron chi connectivity index (χ0n) is 19.8. The van der Waals surface area contributed by atoms with Gasteiger partial charge in [0.05, 0.1) is 11.4 Å². The highest BCUT2D eigenvalue weighted by Crippen LogP contribution is 2.28. The first-order valence-electron chi connectivity index (χ1n) is 12.2. The number of carbonyl (C=O) groups excluding carboxylic acids is 1. The Morgan fingerprint density at radius 1 is 1.06 bits per heavy atom. The van der Waals surface area contributed by atoms with Crippen molar-refractivity contribution in [2.45, 2.75) is 69.4 Å². The number of amides is 1. The van der Waals surface area contributed by atoms with Crippen LogP contribution in [0.1, 0.15) is 56.6 Å². The number of aryl methyl sites for hydroxylation is 1. The molecular formula is C26H34N4O3S. The Bertz CT molecular complexity index is 1120. The summed E-state index contributed by atoms with van der Waals surface area (Å²) in [6.45, 7) is 3.78. The Hall–Kier alpha value is -2.71. The molecule has 1 saturated carbocycles. The molecule has 1 aliphatic heterocycles. The van der Waals surface area contributed by atoms with Crippen LogP contribution in [-0.2, 0) is 27.8 Å². The lowest BCUT2D eigenvalue weighted by molar-refractivity contribution is -0.117. The zero-order chi connectivity index (χ0) is 24.0. The van der Waals surface area contributed by atoms with Gasteiger partial charge >= 0.3 is 0 Å². The molecule has 8 heteroatoms. The van der Waals surface area contributed by atoms with Crippen molar-refractivity contribution in [3.63, 3.8) is 0 Å². The molecule has 2 aromatic carbocycles. The molecule has 182 valence electrons. The van der Waals surface area contributed by atoms with E-state index in [4.69, 9.17) is 0 Å². The Balaban J connectivity index is 1.38. The fourth-order valence-corrected chi connectivity index (χ4v) is 5.30. The third kappa shape index (κ3) is 6.90. The highest BCUT2D eigenvalue weighted by atomic mass is 32.2. The molecule has 0 unspecified atom stereocenters. The molecule has 1 aliphatic carbocycles. The maximum Gasteiger partial charge on any atom is 0.262 e. The second kappa shape index (κ2) is 11.1. The third-order valence-corrected chi connectivity index (χ3v) is 7.66. The van der Waals surface area contributed by atoms with E-state index in [1.54, 1.807) is 12.1 Å². The number of hydrogen-bond donors (Lipinski definition) is 2. The summed E-state index contributed by atoms with van der Waals surface area (Å²) in [6.07, 6.45) is 6.80. The van der Waals surface area contributed by atoms with E-state index in [1.165, 1.54) is 23.3 Å². The van der Waals surface area contributed by atoms with Gasteiger partial charge in [-0.15, -0.1) is 0 Å². The molecule has 2 N–H and O–H groups in total. The van der Waals surface area contributed by atoms with Crippen LogP contribution in [0.5, 0.6) is 0 Å². The van der Waals surface area contributed by atoms with Gasteiger partial charge < -0.3 is 5.32 Å². The minimum atomic E-state index is -3.75. The molecule has 0 saturated heterocycles. The van der Waals surface area contributed by atoms with E-state index in [-0.39, 0.29) is 17.3 Å². The lowest BCUT2D eigenvalue weighted by Gasteiger charge is -2.22. The number of hydrogen-bond acceptors (Lipinski definition) is 5. The molecule has 1 heterocycles. The van der Waals surface area contributed by atoms with Crippen LogP contribution < -0.4 is 10.0 Å². The van der Waals surface area contributed by atoms with E-state index >= 15 is 0 Å². The maximum atomic E-state index is 12.9. The summed E-state index contributed by atoms with van der Waals surface area (Å²) in [5.74, 6) is 0.367. The van der Waals surface area contributed by atoms with Gasteiger partial charge in [0.1, 0.15) is 5.84 Å². The van der Waals surface area contributed by atoms with Crippen LogP contribution in [-0.4, -0.2) is 44.2 Å². The van der Waals surface area contributed by atoms with Crippen LogP contribution in [0.15, 0.2) is 58.4 Å². The molecule has 0 aromatic heterocycles. The Morgan fingerprint density at radius 3 is 2.56 bits per heavy atom. The summed E-state index contributed by atoms with van der Waals surface area (Å²) in [5, 5.41) is 2.88. The summed E-state index contributed by atoms with van der Waals surface area (Å²) >= 11 is 0. The fourth-order valence-electron chi connectivity index (χ4n) is 4.17. The van der Waals surface area contributed by atoms with Crippen molar-refractivity contribution in [3.05, 3.63) is 59.7 Å². The SMILES string of the molecule is CCc1ccc(CN(CC(=O)Nc2cccc(S(=O)(=O)NC3=NCCCCC3)c2)C2CC2)cc1. The smallest absolute Gasteiger partial charge is 0.262 e. The number of sulfonamides is 1. The topological polar surface area (TPSA) is 90.9 Å². The number of anilines is 1. The highest BCUT2D eigenvalue weighted by Gasteiger charge is 2.30. The van der Waals surface area contributed by atoms with E-state index in [9.17, 15) is 13.2 Å². The third-order valence-electron chi connectivity index (χ3n) is 6.28. The lowest BCUT2D eigenvalue weighted by atomic mass is 10.1. The Kier molecular flexibility index (Phi) is 8.00. The van der Waals surface area contributed by atoms with E-state index in [0.29, 0.717) is 30.5 Å². The highest BCUT2D eigenvalue weighted by molar-refractivity contribution is 7.90. The van der Waals surface area contributed by atoms with Gasteiger partial charge in [-0.2, -0.15) is 0 Å². The number of aliphatic imine (C=N–C) groups is 1. The lowest BCUT2D eigenvalue weighted by Crippen LogP contribution is -2.34. The fraction of sp³-hybridized carbons (Fsp3) is 0.462. The van der Waals surface area contributed by atoms with E-state index in [0.717, 1.165) is 45.1 Å². The van der Waals surface area contributed by atoms with Crippen molar-refractivity contribution in [3.8, 4) is 0 Å². The van der Waals surface area contributed by atoms with Crippen molar-refractivity contribution < 1.29 is 13.2 Å². The van der Waals surface area contributed by atoms with Gasteiger partial charge in [-0.25, -0.2) is 8.42 Å². The second-order valence-electron chi connectivity index (χ2n) is 9.13. The number of amidine groups is 1. The van der Waals surface area contributed by atoms with Crippen LogP contribution >= 0.6 is 0 Å². The normalized spacial score (nSPS) is 16.6. The molecular weight excluding hydrogens is 448 g/mol. The second-order valence-corrected chi connectivity index (χ2v) is 10.8. The number of rotatable bonds is 9. The van der Waals surface area contributed by atoms with Crippen LogP contribution in [0.4, 0.5) is 5.69 Å². The number of nitrogens with zero attached hydrogens (tertiary/aromatic N) is 2. The molecule has 2 aliphatic rings. The average Bonchev–Trinajstić information content (AvgIpc) is 3.68. The van der Waals surface area contributed by atoms with Crippen LogP contribution in [0.25, 0.3) is 0 Å². The van der Waals surface area contributed by atoms with E-state index in [1.807, 2.05) is 0 Å². The first-order chi connectivity index (χ1) is 16.4. The molecule has 0 bridgehead atoms. The number of benzene rings is 2. The molecule has 7 nitrogen and oxygen atoms in total. The molecule has 1 fully saturated rings. The van der Waals surface area contributed by atoms with Gasteiger partial charge in [0.15, 0.2) is 0 Å². The van der Waals surface area contributed by atoms with E-state index in [2.05, 4.69) is 51.1 Å². The van der Waals surface area contributed by atoms with E-state index < -0.39 is 10.0 Å². The minimum Gasteiger partial charge on any atom is -0.325 e. The predicted octanol–water partition coefficient (Wildman–Crippen LogP) is 4.10. The molecule has 4 rings (SSSR count). The first-order valence-corrected chi connectivity index (χ1v) is 13.7. The summed E-state index contributed by atoms with van der Waals surface area (Å²) in [5.41, 5.74) is 2.96. The predicted molar refractivity (Wildman–Crippen MR) is 135 cm³/mol. The van der Waals surface area contributed by atoms with Gasteiger partial charge in [-0.3, -0.25) is 19.4 Å². The Morgan fingerprint density at radius 2 is 1.82 bits per heavy atom. The summed E-state index contributed by atoms with van der Waals surface area (Å²) in [6, 6.07) is 15.4. The van der Waals surface area contributed by atoms with Gasteiger partial charge in [0.2, 0.25) is 5.91 Å². The molecule has 2 aromatic rings.